The van der Waals surface area contributed by atoms with Crippen molar-refractivity contribution in [3.05, 3.63) is 71.7 Å². The van der Waals surface area contributed by atoms with E-state index in [2.05, 4.69) is 20.6 Å². The molecule has 2 aromatic carbocycles. The first-order chi connectivity index (χ1) is 14.1. The molecule has 0 fully saturated rings. The molecule has 1 amide bonds. The molecule has 1 heterocycles. The summed E-state index contributed by atoms with van der Waals surface area (Å²) in [6, 6.07) is 16.6. The van der Waals surface area contributed by atoms with Crippen LogP contribution in [0.4, 0.5) is 11.5 Å². The fraction of sp³-hybridized carbons (Fsp3) is 0.227. The number of hydrogen-bond donors (Lipinski definition) is 2. The fourth-order valence-corrected chi connectivity index (χ4v) is 2.71. The molecular weight excluding hydrogens is 368 g/mol. The summed E-state index contributed by atoms with van der Waals surface area (Å²) in [5.74, 6) is 2.37. The number of aromatic nitrogens is 2. The Kier molecular flexibility index (Phi) is 6.63. The summed E-state index contributed by atoms with van der Waals surface area (Å²) in [5, 5.41) is 6.07. The minimum Gasteiger partial charge on any atom is -0.497 e. The lowest BCUT2D eigenvalue weighted by Crippen LogP contribution is -2.15. The summed E-state index contributed by atoms with van der Waals surface area (Å²) in [6.45, 7) is 4.85. The number of rotatable bonds is 8. The van der Waals surface area contributed by atoms with Gasteiger partial charge in [-0.05, 0) is 55.8 Å². The van der Waals surface area contributed by atoms with Crippen molar-refractivity contribution in [3.63, 3.8) is 0 Å². The van der Waals surface area contributed by atoms with Crippen LogP contribution in [-0.2, 0) is 6.54 Å². The largest absolute Gasteiger partial charge is 0.497 e. The molecule has 0 aliphatic carbocycles. The van der Waals surface area contributed by atoms with Crippen LogP contribution in [-0.4, -0.2) is 29.6 Å². The minimum atomic E-state index is -0.299. The summed E-state index contributed by atoms with van der Waals surface area (Å²) >= 11 is 0. The molecule has 3 aromatic rings. The van der Waals surface area contributed by atoms with Crippen LogP contribution in [0.1, 0.15) is 28.8 Å². The van der Waals surface area contributed by atoms with Crippen molar-refractivity contribution in [3.8, 4) is 11.5 Å². The van der Waals surface area contributed by atoms with Gasteiger partial charge in [0.1, 0.15) is 28.8 Å². The Labute approximate surface area is 170 Å². The molecule has 7 heteroatoms. The van der Waals surface area contributed by atoms with Gasteiger partial charge >= 0.3 is 0 Å². The van der Waals surface area contributed by atoms with E-state index < -0.39 is 0 Å². The quantitative estimate of drug-likeness (QED) is 0.601. The number of nitrogens with zero attached hydrogens (tertiary/aromatic N) is 2. The van der Waals surface area contributed by atoms with Gasteiger partial charge in [0, 0.05) is 18.3 Å². The monoisotopic (exact) mass is 392 g/mol. The highest BCUT2D eigenvalue weighted by Gasteiger charge is 2.11. The number of carbonyl (C=O) groups is 1. The third-order valence-electron chi connectivity index (χ3n) is 4.13. The lowest BCUT2D eigenvalue weighted by Gasteiger charge is -2.10. The summed E-state index contributed by atoms with van der Waals surface area (Å²) in [6.07, 6.45) is 0. The van der Waals surface area contributed by atoms with Gasteiger partial charge in [-0.25, -0.2) is 9.97 Å². The van der Waals surface area contributed by atoms with Crippen LogP contribution in [0.2, 0.25) is 0 Å². The van der Waals surface area contributed by atoms with E-state index >= 15 is 0 Å². The molecule has 7 nitrogen and oxygen atoms in total. The maximum Gasteiger partial charge on any atom is 0.274 e. The maximum atomic E-state index is 12.6. The number of amides is 1. The van der Waals surface area contributed by atoms with Gasteiger partial charge < -0.3 is 20.1 Å². The van der Waals surface area contributed by atoms with Crippen molar-refractivity contribution >= 4 is 17.4 Å². The van der Waals surface area contributed by atoms with Gasteiger partial charge in [-0.15, -0.1) is 0 Å². The molecule has 0 radical (unpaired) electrons. The Bertz CT molecular complexity index is 957. The van der Waals surface area contributed by atoms with Gasteiger partial charge in [-0.2, -0.15) is 0 Å². The van der Waals surface area contributed by atoms with Crippen LogP contribution >= 0.6 is 0 Å². The van der Waals surface area contributed by atoms with Crippen molar-refractivity contribution in [1.82, 2.24) is 9.97 Å². The van der Waals surface area contributed by atoms with E-state index in [1.165, 1.54) is 0 Å². The van der Waals surface area contributed by atoms with Crippen LogP contribution in [0.3, 0.4) is 0 Å². The van der Waals surface area contributed by atoms with Crippen molar-refractivity contribution < 1.29 is 14.3 Å². The number of ether oxygens (including phenoxy) is 2. The number of anilines is 2. The average molecular weight is 392 g/mol. The first-order valence-corrected chi connectivity index (χ1v) is 9.34. The molecule has 29 heavy (non-hydrogen) atoms. The first-order valence-electron chi connectivity index (χ1n) is 9.34. The first kappa shape index (κ1) is 20.1. The topological polar surface area (TPSA) is 85.4 Å². The normalized spacial score (nSPS) is 10.3. The molecule has 0 unspecified atom stereocenters. The third-order valence-corrected chi connectivity index (χ3v) is 4.13. The summed E-state index contributed by atoms with van der Waals surface area (Å²) in [5.41, 5.74) is 2.04. The summed E-state index contributed by atoms with van der Waals surface area (Å²) < 4.78 is 10.6. The van der Waals surface area contributed by atoms with Crippen LogP contribution < -0.4 is 20.1 Å². The van der Waals surface area contributed by atoms with Gasteiger partial charge in [0.05, 0.1) is 13.7 Å². The Balaban J connectivity index is 1.66. The second-order valence-electron chi connectivity index (χ2n) is 6.30. The van der Waals surface area contributed by atoms with E-state index in [0.717, 1.165) is 17.1 Å². The van der Waals surface area contributed by atoms with Crippen LogP contribution in [0.5, 0.6) is 11.5 Å². The number of carbonyl (C=O) groups excluding carboxylic acids is 1. The lowest BCUT2D eigenvalue weighted by molar-refractivity contribution is 0.102. The molecule has 0 aliphatic heterocycles. The van der Waals surface area contributed by atoms with E-state index in [9.17, 15) is 4.79 Å². The number of methoxy groups -OCH3 is 1. The zero-order valence-corrected chi connectivity index (χ0v) is 16.7. The summed E-state index contributed by atoms with van der Waals surface area (Å²) in [7, 11) is 1.64. The predicted molar refractivity (Wildman–Crippen MR) is 113 cm³/mol. The Hall–Kier alpha value is -3.61. The molecule has 0 aliphatic rings. The van der Waals surface area contributed by atoms with Gasteiger partial charge in [0.25, 0.3) is 5.91 Å². The number of hydrogen-bond acceptors (Lipinski definition) is 6. The lowest BCUT2D eigenvalue weighted by atomic mass is 10.2. The van der Waals surface area contributed by atoms with E-state index in [-0.39, 0.29) is 5.91 Å². The van der Waals surface area contributed by atoms with E-state index in [4.69, 9.17) is 9.47 Å². The Morgan fingerprint density at radius 3 is 2.34 bits per heavy atom. The number of benzene rings is 2. The molecule has 0 saturated carbocycles. The van der Waals surface area contributed by atoms with Crippen LogP contribution in [0.15, 0.2) is 54.6 Å². The SMILES string of the molecule is CCOc1ccc(NC(=O)c2cc(NCc3ccc(OC)cc3)nc(C)n2)cc1. The molecule has 0 atom stereocenters. The second kappa shape index (κ2) is 9.54. The number of nitrogens with one attached hydrogen (secondary N) is 2. The fourth-order valence-electron chi connectivity index (χ4n) is 2.71. The standard InChI is InChI=1S/C22H24N4O3/c1-4-29-19-11-7-17(8-12-19)26-22(27)20-13-21(25-15(2)24-20)23-14-16-5-9-18(28-3)10-6-16/h5-13H,4,14H2,1-3H3,(H,26,27)(H,23,24,25). The molecule has 2 N–H and O–H groups in total. The Morgan fingerprint density at radius 1 is 1.00 bits per heavy atom. The Morgan fingerprint density at radius 2 is 1.69 bits per heavy atom. The van der Waals surface area contributed by atoms with Crippen molar-refractivity contribution in [1.29, 1.82) is 0 Å². The van der Waals surface area contributed by atoms with Crippen LogP contribution in [0.25, 0.3) is 0 Å². The van der Waals surface area contributed by atoms with Gasteiger partial charge in [-0.3, -0.25) is 4.79 Å². The molecule has 1 aromatic heterocycles. The zero-order valence-electron chi connectivity index (χ0n) is 16.7. The molecular formula is C22H24N4O3. The average Bonchev–Trinajstić information content (AvgIpc) is 2.74. The highest BCUT2D eigenvalue weighted by atomic mass is 16.5. The van der Waals surface area contributed by atoms with Crippen molar-refractivity contribution in [2.75, 3.05) is 24.4 Å². The smallest absolute Gasteiger partial charge is 0.274 e. The third kappa shape index (κ3) is 5.68. The van der Waals surface area contributed by atoms with E-state index in [1.807, 2.05) is 43.3 Å². The molecule has 0 spiro atoms. The zero-order chi connectivity index (χ0) is 20.6. The number of aryl methyl sites for hydroxylation is 1. The molecule has 0 saturated heterocycles. The van der Waals surface area contributed by atoms with Crippen LogP contribution in [0, 0.1) is 6.92 Å². The summed E-state index contributed by atoms with van der Waals surface area (Å²) in [4.78, 5) is 21.2. The minimum absolute atomic E-state index is 0.295. The van der Waals surface area contributed by atoms with Gasteiger partial charge in [0.2, 0.25) is 0 Å². The molecule has 0 bridgehead atoms. The van der Waals surface area contributed by atoms with E-state index in [0.29, 0.717) is 36.2 Å². The molecule has 3 rings (SSSR count). The van der Waals surface area contributed by atoms with Gasteiger partial charge in [0.15, 0.2) is 0 Å². The second-order valence-corrected chi connectivity index (χ2v) is 6.30. The molecule has 150 valence electrons. The maximum absolute atomic E-state index is 12.6. The highest BCUT2D eigenvalue weighted by Crippen LogP contribution is 2.17. The van der Waals surface area contributed by atoms with Crippen molar-refractivity contribution in [2.24, 2.45) is 0 Å². The van der Waals surface area contributed by atoms with Crippen molar-refractivity contribution in [2.45, 2.75) is 20.4 Å². The van der Waals surface area contributed by atoms with E-state index in [1.54, 1.807) is 32.2 Å². The predicted octanol–water partition coefficient (Wildman–Crippen LogP) is 4.06. The highest BCUT2D eigenvalue weighted by molar-refractivity contribution is 6.03. The van der Waals surface area contributed by atoms with Gasteiger partial charge in [-0.1, -0.05) is 12.1 Å².